The standard InChI is InChI=1S/C28H35ClO10/c1-16(30)35-15-24-25(36-17(2)31)26(37-18(3)32)27(38-19(4)33)28(34-5,39-24)22-11-12-23(29)21(14-22)13-20-9-7-6-8-10-20/h11-14,24-27H,6-10,15H2,1-5H3/t24-,25-,26+,27-,28+/m1/s1. The molecule has 0 amide bonds. The van der Waals surface area contributed by atoms with Crippen molar-refractivity contribution in [2.75, 3.05) is 13.7 Å². The summed E-state index contributed by atoms with van der Waals surface area (Å²) < 4.78 is 34.2. The van der Waals surface area contributed by atoms with E-state index in [1.54, 1.807) is 18.2 Å². The molecule has 39 heavy (non-hydrogen) atoms. The van der Waals surface area contributed by atoms with E-state index in [0.29, 0.717) is 16.1 Å². The number of halogens is 1. The van der Waals surface area contributed by atoms with Crippen molar-refractivity contribution in [3.05, 3.63) is 39.9 Å². The van der Waals surface area contributed by atoms with Gasteiger partial charge in [-0.1, -0.05) is 35.7 Å². The van der Waals surface area contributed by atoms with E-state index in [2.05, 4.69) is 0 Å². The minimum atomic E-state index is -1.86. The zero-order valence-electron chi connectivity index (χ0n) is 22.8. The predicted octanol–water partition coefficient (Wildman–Crippen LogP) is 4.24. The van der Waals surface area contributed by atoms with Crippen LogP contribution in [-0.2, 0) is 53.4 Å². The van der Waals surface area contributed by atoms with Crippen LogP contribution in [0.1, 0.15) is 70.9 Å². The van der Waals surface area contributed by atoms with Gasteiger partial charge in [0.2, 0.25) is 11.9 Å². The topological polar surface area (TPSA) is 124 Å². The van der Waals surface area contributed by atoms with Crippen molar-refractivity contribution in [3.8, 4) is 0 Å². The van der Waals surface area contributed by atoms with E-state index < -0.39 is 54.1 Å². The Labute approximate surface area is 232 Å². The third kappa shape index (κ3) is 7.58. The molecule has 1 saturated heterocycles. The van der Waals surface area contributed by atoms with Crippen LogP contribution in [0, 0.1) is 0 Å². The molecule has 11 heteroatoms. The summed E-state index contributed by atoms with van der Waals surface area (Å²) in [5.41, 5.74) is 2.36. The van der Waals surface area contributed by atoms with Gasteiger partial charge in [-0.15, -0.1) is 0 Å². The van der Waals surface area contributed by atoms with Gasteiger partial charge < -0.3 is 28.4 Å². The lowest BCUT2D eigenvalue weighted by atomic mass is 9.86. The summed E-state index contributed by atoms with van der Waals surface area (Å²) in [7, 11) is 1.34. The first-order valence-corrected chi connectivity index (χ1v) is 13.2. The van der Waals surface area contributed by atoms with Crippen LogP contribution in [0.4, 0.5) is 0 Å². The van der Waals surface area contributed by atoms with Crippen molar-refractivity contribution in [2.24, 2.45) is 0 Å². The average molecular weight is 567 g/mol. The van der Waals surface area contributed by atoms with E-state index in [-0.39, 0.29) is 6.61 Å². The number of hydrogen-bond donors (Lipinski definition) is 0. The molecule has 3 rings (SSSR count). The van der Waals surface area contributed by atoms with Crippen LogP contribution in [0.3, 0.4) is 0 Å². The fourth-order valence-electron chi connectivity index (χ4n) is 5.02. The molecular weight excluding hydrogens is 532 g/mol. The highest BCUT2D eigenvalue weighted by atomic mass is 35.5. The van der Waals surface area contributed by atoms with Gasteiger partial charge in [0.1, 0.15) is 12.7 Å². The molecule has 214 valence electrons. The van der Waals surface area contributed by atoms with E-state index >= 15 is 0 Å². The number of methoxy groups -OCH3 is 1. The molecule has 5 atom stereocenters. The van der Waals surface area contributed by atoms with E-state index in [0.717, 1.165) is 39.5 Å². The van der Waals surface area contributed by atoms with Gasteiger partial charge in [0, 0.05) is 45.4 Å². The number of esters is 4. The molecular formula is C28H35ClO10. The van der Waals surface area contributed by atoms with E-state index in [9.17, 15) is 19.2 Å². The normalized spacial score (nSPS) is 26.8. The zero-order chi connectivity index (χ0) is 28.7. The Balaban J connectivity index is 2.19. The summed E-state index contributed by atoms with van der Waals surface area (Å²) in [5, 5.41) is 0.494. The largest absolute Gasteiger partial charge is 0.463 e. The van der Waals surface area contributed by atoms with E-state index in [1.807, 2.05) is 6.08 Å². The highest BCUT2D eigenvalue weighted by Gasteiger charge is 2.61. The number of carbonyl (C=O) groups excluding carboxylic acids is 4. The highest BCUT2D eigenvalue weighted by Crippen LogP contribution is 2.44. The molecule has 10 nitrogen and oxygen atoms in total. The van der Waals surface area contributed by atoms with Crippen LogP contribution in [0.15, 0.2) is 23.8 Å². The summed E-state index contributed by atoms with van der Waals surface area (Å²) in [5.74, 6) is -4.64. The first-order valence-electron chi connectivity index (χ1n) is 12.8. The molecule has 2 aliphatic rings. The summed E-state index contributed by atoms with van der Waals surface area (Å²) in [6.45, 7) is 4.35. The Morgan fingerprint density at radius 3 is 2.10 bits per heavy atom. The van der Waals surface area contributed by atoms with Crippen LogP contribution >= 0.6 is 11.6 Å². The molecule has 1 aromatic carbocycles. The van der Waals surface area contributed by atoms with Gasteiger partial charge in [-0.2, -0.15) is 0 Å². The Morgan fingerprint density at radius 1 is 0.923 bits per heavy atom. The van der Waals surface area contributed by atoms with Crippen molar-refractivity contribution < 1.29 is 47.6 Å². The highest BCUT2D eigenvalue weighted by molar-refractivity contribution is 6.32. The molecule has 1 aliphatic heterocycles. The second-order valence-electron chi connectivity index (χ2n) is 9.61. The molecule has 2 fully saturated rings. The van der Waals surface area contributed by atoms with E-state index in [4.69, 9.17) is 40.0 Å². The predicted molar refractivity (Wildman–Crippen MR) is 139 cm³/mol. The van der Waals surface area contributed by atoms with Crippen molar-refractivity contribution in [1.29, 1.82) is 0 Å². The molecule has 1 aromatic rings. The monoisotopic (exact) mass is 566 g/mol. The van der Waals surface area contributed by atoms with Gasteiger partial charge in [-0.25, -0.2) is 0 Å². The van der Waals surface area contributed by atoms with Crippen LogP contribution < -0.4 is 0 Å². The maximum atomic E-state index is 12.3. The summed E-state index contributed by atoms with van der Waals surface area (Å²) in [6.07, 6.45) is 2.08. The molecule has 1 saturated carbocycles. The molecule has 0 unspecified atom stereocenters. The number of rotatable bonds is 8. The molecule has 1 aliphatic carbocycles. The van der Waals surface area contributed by atoms with Gasteiger partial charge in [-0.3, -0.25) is 19.2 Å². The molecule has 0 spiro atoms. The molecule has 0 N–H and O–H groups in total. The van der Waals surface area contributed by atoms with Gasteiger partial charge in [0.25, 0.3) is 0 Å². The Hall–Kier alpha value is -2.95. The first-order chi connectivity index (χ1) is 18.5. The smallest absolute Gasteiger partial charge is 0.303 e. The summed E-state index contributed by atoms with van der Waals surface area (Å²) in [4.78, 5) is 48.2. The first kappa shape index (κ1) is 30.6. The number of allylic oxidation sites excluding steroid dienone is 1. The van der Waals surface area contributed by atoms with Crippen molar-refractivity contribution in [1.82, 2.24) is 0 Å². The zero-order valence-corrected chi connectivity index (χ0v) is 23.6. The summed E-state index contributed by atoms with van der Waals surface area (Å²) in [6, 6.07) is 5.07. The van der Waals surface area contributed by atoms with E-state index in [1.165, 1.54) is 33.0 Å². The third-order valence-electron chi connectivity index (χ3n) is 6.59. The lowest BCUT2D eigenvalue weighted by Crippen LogP contribution is -2.67. The number of benzene rings is 1. The SMILES string of the molecule is CO[C@@]1(c2ccc(Cl)c(C=C3CCCCC3)c2)O[C@H](COC(C)=O)[C@@H](OC(C)=O)[C@H](OC(C)=O)[C@H]1OC(C)=O. The van der Waals surface area contributed by atoms with Crippen molar-refractivity contribution in [2.45, 2.75) is 90.0 Å². The van der Waals surface area contributed by atoms with Gasteiger partial charge in [-0.05, 0) is 43.4 Å². The van der Waals surface area contributed by atoms with Crippen LogP contribution in [0.2, 0.25) is 5.02 Å². The molecule has 0 aromatic heterocycles. The molecule has 1 heterocycles. The quantitative estimate of drug-likeness (QED) is 0.333. The second-order valence-corrected chi connectivity index (χ2v) is 10.0. The minimum absolute atomic E-state index is 0.368. The Morgan fingerprint density at radius 2 is 1.54 bits per heavy atom. The number of hydrogen-bond acceptors (Lipinski definition) is 10. The molecule has 0 bridgehead atoms. The maximum Gasteiger partial charge on any atom is 0.303 e. The number of ether oxygens (including phenoxy) is 6. The Bertz CT molecular complexity index is 1110. The number of carbonyl (C=O) groups is 4. The lowest BCUT2D eigenvalue weighted by molar-refractivity contribution is -0.367. The van der Waals surface area contributed by atoms with Crippen LogP contribution in [-0.4, -0.2) is 62.0 Å². The van der Waals surface area contributed by atoms with Crippen molar-refractivity contribution >= 4 is 41.6 Å². The average Bonchev–Trinajstić information content (AvgIpc) is 2.86. The van der Waals surface area contributed by atoms with Crippen molar-refractivity contribution in [3.63, 3.8) is 0 Å². The van der Waals surface area contributed by atoms with Gasteiger partial charge in [0.05, 0.1) is 0 Å². The van der Waals surface area contributed by atoms with Gasteiger partial charge >= 0.3 is 23.9 Å². The maximum absolute atomic E-state index is 12.3. The van der Waals surface area contributed by atoms with Gasteiger partial charge in [0.15, 0.2) is 12.2 Å². The van der Waals surface area contributed by atoms with Crippen LogP contribution in [0.25, 0.3) is 6.08 Å². The third-order valence-corrected chi connectivity index (χ3v) is 6.94. The lowest BCUT2D eigenvalue weighted by Gasteiger charge is -2.50. The fraction of sp³-hybridized carbons (Fsp3) is 0.571. The summed E-state index contributed by atoms with van der Waals surface area (Å²) >= 11 is 6.56. The minimum Gasteiger partial charge on any atom is -0.463 e. The fourth-order valence-corrected chi connectivity index (χ4v) is 5.19. The second kappa shape index (κ2) is 13.4. The van der Waals surface area contributed by atoms with Crippen LogP contribution in [0.5, 0.6) is 0 Å². The Kier molecular flexibility index (Phi) is 10.5. The molecule has 0 radical (unpaired) electrons.